The highest BCUT2D eigenvalue weighted by atomic mass is 16.5. The van der Waals surface area contributed by atoms with Gasteiger partial charge in [-0.25, -0.2) is 4.99 Å². The molecule has 0 amide bonds. The predicted octanol–water partition coefficient (Wildman–Crippen LogP) is 6.29. The van der Waals surface area contributed by atoms with Crippen LogP contribution in [0.4, 0.5) is 0 Å². The van der Waals surface area contributed by atoms with Crippen molar-refractivity contribution in [2.45, 2.75) is 39.0 Å². The number of nitrogens with one attached hydrogen (secondary N) is 2. The van der Waals surface area contributed by atoms with E-state index in [0.29, 0.717) is 6.61 Å². The van der Waals surface area contributed by atoms with Crippen molar-refractivity contribution in [1.29, 1.82) is 0 Å². The van der Waals surface area contributed by atoms with E-state index in [9.17, 15) is 0 Å². The number of H-pyrrole nitrogens is 2. The standard InChI is InChI=1S/C27H31N3O2/c1-2-17-32-27-20-25(24-13-9-16-28-24)30-26(27)19-22-15-14-21(29-22)10-5-4-8-18-31-23-11-6-3-7-12-23/h3,6-7,9,11-16,19-20,28-29H,2,4-5,8,10,17-18H2,1H3. The van der Waals surface area contributed by atoms with Gasteiger partial charge in [-0.3, -0.25) is 0 Å². The van der Waals surface area contributed by atoms with Crippen molar-refractivity contribution in [1.82, 2.24) is 9.97 Å². The van der Waals surface area contributed by atoms with Crippen molar-refractivity contribution in [3.63, 3.8) is 0 Å². The molecule has 5 nitrogen and oxygen atoms in total. The summed E-state index contributed by atoms with van der Waals surface area (Å²) in [6, 6.07) is 18.3. The summed E-state index contributed by atoms with van der Waals surface area (Å²) in [6.45, 7) is 3.55. The molecule has 0 unspecified atom stereocenters. The Morgan fingerprint density at radius 2 is 1.81 bits per heavy atom. The van der Waals surface area contributed by atoms with Crippen LogP contribution >= 0.6 is 0 Å². The fourth-order valence-corrected chi connectivity index (χ4v) is 3.61. The highest BCUT2D eigenvalue weighted by Gasteiger charge is 2.18. The van der Waals surface area contributed by atoms with Gasteiger partial charge in [0.15, 0.2) is 0 Å². The lowest BCUT2D eigenvalue weighted by atomic mass is 10.1. The molecule has 0 saturated heterocycles. The van der Waals surface area contributed by atoms with E-state index in [4.69, 9.17) is 14.5 Å². The number of para-hydroxylation sites is 1. The minimum Gasteiger partial charge on any atom is -0.494 e. The minimum atomic E-state index is 0.681. The lowest BCUT2D eigenvalue weighted by molar-refractivity contribution is 0.222. The quantitative estimate of drug-likeness (QED) is 0.332. The van der Waals surface area contributed by atoms with Gasteiger partial charge in [0.05, 0.1) is 24.6 Å². The molecule has 1 aromatic carbocycles. The van der Waals surface area contributed by atoms with Gasteiger partial charge < -0.3 is 19.4 Å². The lowest BCUT2D eigenvalue weighted by Crippen LogP contribution is -1.97. The molecular formula is C27H31N3O2. The fourth-order valence-electron chi connectivity index (χ4n) is 3.61. The van der Waals surface area contributed by atoms with E-state index in [1.165, 1.54) is 5.69 Å². The zero-order valence-electron chi connectivity index (χ0n) is 18.6. The van der Waals surface area contributed by atoms with Gasteiger partial charge in [0.2, 0.25) is 0 Å². The van der Waals surface area contributed by atoms with Crippen molar-refractivity contribution in [3.05, 3.63) is 95.4 Å². The first kappa shape index (κ1) is 21.8. The third-order valence-corrected chi connectivity index (χ3v) is 5.26. The number of aromatic amines is 2. The molecule has 0 atom stereocenters. The average Bonchev–Trinajstić information content (AvgIpc) is 3.57. The summed E-state index contributed by atoms with van der Waals surface area (Å²) in [7, 11) is 0. The molecule has 0 spiro atoms. The van der Waals surface area contributed by atoms with E-state index in [-0.39, 0.29) is 0 Å². The van der Waals surface area contributed by atoms with Crippen LogP contribution in [0, 0.1) is 0 Å². The van der Waals surface area contributed by atoms with Gasteiger partial charge in [-0.1, -0.05) is 25.1 Å². The molecule has 5 heteroatoms. The van der Waals surface area contributed by atoms with Gasteiger partial charge in [0, 0.05) is 23.7 Å². The van der Waals surface area contributed by atoms with Crippen LogP contribution in [0.1, 0.15) is 49.7 Å². The van der Waals surface area contributed by atoms with Crippen LogP contribution < -0.4 is 4.74 Å². The topological polar surface area (TPSA) is 62.4 Å². The van der Waals surface area contributed by atoms with Crippen LogP contribution in [0.5, 0.6) is 5.75 Å². The van der Waals surface area contributed by atoms with Crippen LogP contribution in [0.25, 0.3) is 6.08 Å². The summed E-state index contributed by atoms with van der Waals surface area (Å²) in [5, 5.41) is 0. The molecule has 0 bridgehead atoms. The van der Waals surface area contributed by atoms with E-state index in [0.717, 1.165) is 73.0 Å². The maximum absolute atomic E-state index is 5.95. The molecule has 2 N–H and O–H groups in total. The summed E-state index contributed by atoms with van der Waals surface area (Å²) in [4.78, 5) is 11.5. The van der Waals surface area contributed by atoms with Gasteiger partial charge in [0.25, 0.3) is 0 Å². The lowest BCUT2D eigenvalue weighted by Gasteiger charge is -2.06. The second-order valence-corrected chi connectivity index (χ2v) is 7.88. The number of rotatable bonds is 12. The summed E-state index contributed by atoms with van der Waals surface area (Å²) in [6.07, 6.45) is 11.3. The third-order valence-electron chi connectivity index (χ3n) is 5.26. The Kier molecular flexibility index (Phi) is 7.64. The zero-order chi connectivity index (χ0) is 22.0. The second-order valence-electron chi connectivity index (χ2n) is 7.88. The number of hydrogen-bond acceptors (Lipinski definition) is 3. The number of nitrogens with zero attached hydrogens (tertiary/aromatic N) is 1. The predicted molar refractivity (Wildman–Crippen MR) is 130 cm³/mol. The first-order valence-electron chi connectivity index (χ1n) is 11.5. The summed E-state index contributed by atoms with van der Waals surface area (Å²) >= 11 is 0. The molecule has 166 valence electrons. The van der Waals surface area contributed by atoms with E-state index >= 15 is 0 Å². The number of aromatic nitrogens is 2. The second kappa shape index (κ2) is 11.2. The minimum absolute atomic E-state index is 0.681. The van der Waals surface area contributed by atoms with Crippen LogP contribution in [0.15, 0.2) is 83.3 Å². The number of aryl methyl sites for hydroxylation is 1. The molecular weight excluding hydrogens is 398 g/mol. The first-order chi connectivity index (χ1) is 15.8. The molecule has 0 fully saturated rings. The number of benzene rings is 1. The number of ether oxygens (including phenoxy) is 2. The zero-order valence-corrected chi connectivity index (χ0v) is 18.6. The Balaban J connectivity index is 1.29. The molecule has 0 radical (unpaired) electrons. The summed E-state index contributed by atoms with van der Waals surface area (Å²) in [5.41, 5.74) is 5.04. The third kappa shape index (κ3) is 6.03. The van der Waals surface area contributed by atoms with E-state index in [1.807, 2.05) is 54.7 Å². The molecule has 4 rings (SSSR count). The molecule has 3 aromatic rings. The molecule has 0 aliphatic carbocycles. The van der Waals surface area contributed by atoms with E-state index in [2.05, 4.69) is 35.1 Å². The van der Waals surface area contributed by atoms with Crippen molar-refractivity contribution < 1.29 is 9.47 Å². The highest BCUT2D eigenvalue weighted by molar-refractivity contribution is 6.11. The van der Waals surface area contributed by atoms with Crippen molar-refractivity contribution in [3.8, 4) is 5.75 Å². The summed E-state index contributed by atoms with van der Waals surface area (Å²) in [5.74, 6) is 1.77. The van der Waals surface area contributed by atoms with Crippen molar-refractivity contribution in [2.75, 3.05) is 13.2 Å². The van der Waals surface area contributed by atoms with Crippen LogP contribution in [-0.2, 0) is 11.2 Å². The van der Waals surface area contributed by atoms with Gasteiger partial charge in [-0.05, 0) is 74.6 Å². The Labute approximate surface area is 189 Å². The number of allylic oxidation sites excluding steroid dienone is 1. The number of hydrogen-bond donors (Lipinski definition) is 2. The van der Waals surface area contributed by atoms with E-state index in [1.54, 1.807) is 0 Å². The van der Waals surface area contributed by atoms with Crippen LogP contribution in [0.2, 0.25) is 0 Å². The normalized spacial score (nSPS) is 14.5. The number of unbranched alkanes of at least 4 members (excludes halogenated alkanes) is 2. The Morgan fingerprint density at radius 1 is 0.906 bits per heavy atom. The van der Waals surface area contributed by atoms with Gasteiger partial charge in [-0.15, -0.1) is 0 Å². The number of aliphatic imine (C=N–C) groups is 1. The monoisotopic (exact) mass is 429 g/mol. The molecule has 1 aliphatic heterocycles. The van der Waals surface area contributed by atoms with Crippen LogP contribution in [0.3, 0.4) is 0 Å². The largest absolute Gasteiger partial charge is 0.494 e. The maximum atomic E-state index is 5.95. The Morgan fingerprint density at radius 3 is 2.62 bits per heavy atom. The molecule has 2 aromatic heterocycles. The van der Waals surface area contributed by atoms with Gasteiger partial charge >= 0.3 is 0 Å². The fraction of sp³-hybridized carbons (Fsp3) is 0.296. The van der Waals surface area contributed by atoms with Crippen LogP contribution in [-0.4, -0.2) is 28.9 Å². The Hall–Kier alpha value is -3.47. The molecule has 0 saturated carbocycles. The molecule has 32 heavy (non-hydrogen) atoms. The maximum Gasteiger partial charge on any atom is 0.147 e. The van der Waals surface area contributed by atoms with E-state index < -0.39 is 0 Å². The van der Waals surface area contributed by atoms with Gasteiger partial charge in [0.1, 0.15) is 17.2 Å². The van der Waals surface area contributed by atoms with Crippen molar-refractivity contribution in [2.24, 2.45) is 4.99 Å². The molecule has 3 heterocycles. The SMILES string of the molecule is CCCOC1=CC(c2ccc[nH]2)=NC1=Cc1ccc(CCCCCOc2ccccc2)[nH]1. The Bertz CT molecular complexity index is 1060. The molecule has 1 aliphatic rings. The van der Waals surface area contributed by atoms with Crippen molar-refractivity contribution >= 4 is 11.8 Å². The smallest absolute Gasteiger partial charge is 0.147 e. The van der Waals surface area contributed by atoms with Gasteiger partial charge in [-0.2, -0.15) is 0 Å². The highest BCUT2D eigenvalue weighted by Crippen LogP contribution is 2.25. The first-order valence-corrected chi connectivity index (χ1v) is 11.5. The summed E-state index contributed by atoms with van der Waals surface area (Å²) < 4.78 is 11.7. The average molecular weight is 430 g/mol.